The van der Waals surface area contributed by atoms with Crippen LogP contribution in [0.5, 0.6) is 0 Å². The Morgan fingerprint density at radius 1 is 0.121 bits per heavy atom. The molecule has 0 saturated heterocycles. The summed E-state index contributed by atoms with van der Waals surface area (Å²) in [6.07, 6.45) is 0. The van der Waals surface area contributed by atoms with Crippen molar-refractivity contribution in [2.24, 2.45) is 0 Å². The summed E-state index contributed by atoms with van der Waals surface area (Å²) >= 11 is 0. The predicted octanol–water partition coefficient (Wildman–Crippen LogP) is 25.9. The molecule has 11 heteroatoms. The van der Waals surface area contributed by atoms with Gasteiger partial charge in [0, 0.05) is 87.6 Å². The van der Waals surface area contributed by atoms with E-state index in [1.807, 2.05) is 97.1 Å². The molecule has 0 unspecified atom stereocenters. The summed E-state index contributed by atoms with van der Waals surface area (Å²) < 4.78 is 0. The molecule has 0 aliphatic carbocycles. The summed E-state index contributed by atoms with van der Waals surface area (Å²) in [7, 11) is 0. The average molecular weight is 1480 g/mol. The van der Waals surface area contributed by atoms with E-state index in [2.05, 4.69) is 297 Å². The number of nitrogens with zero attached hydrogens (tertiary/aromatic N) is 11. The number of hydrogen-bond donors (Lipinski definition) is 0. The summed E-state index contributed by atoms with van der Waals surface area (Å²) in [5, 5.41) is 11.2. The number of pyridine rings is 6. The molecule has 540 valence electrons. The Morgan fingerprint density at radius 2 is 0.371 bits per heavy atom. The van der Waals surface area contributed by atoms with Crippen molar-refractivity contribution in [1.29, 1.82) is 0 Å². The third kappa shape index (κ3) is 13.5. The molecule has 0 atom stereocenters. The molecule has 22 aromatic rings. The molecule has 11 nitrogen and oxygen atoms in total. The monoisotopic (exact) mass is 1480 g/mol. The summed E-state index contributed by atoms with van der Waals surface area (Å²) in [6.45, 7) is 0. The fourth-order valence-electron chi connectivity index (χ4n) is 15.4. The van der Waals surface area contributed by atoms with Gasteiger partial charge in [0.1, 0.15) is 0 Å². The summed E-state index contributed by atoms with van der Waals surface area (Å²) in [6, 6.07) is 136. The van der Waals surface area contributed by atoms with Gasteiger partial charge >= 0.3 is 0 Å². The van der Waals surface area contributed by atoms with Crippen LogP contribution in [0.1, 0.15) is 0 Å². The van der Waals surface area contributed by atoms with Crippen molar-refractivity contribution in [1.82, 2.24) is 54.8 Å². The Kier molecular flexibility index (Phi) is 17.3. The molecular weight excluding hydrogens is 1420 g/mol. The topological polar surface area (TPSA) is 142 Å². The molecular formula is C105H65N11. The lowest BCUT2D eigenvalue weighted by Gasteiger charge is -2.10. The van der Waals surface area contributed by atoms with Gasteiger partial charge in [-0.3, -0.25) is 0 Å². The Bertz CT molecular complexity index is 6990. The van der Waals surface area contributed by atoms with E-state index in [9.17, 15) is 0 Å². The van der Waals surface area contributed by atoms with Crippen LogP contribution in [0.25, 0.3) is 223 Å². The largest absolute Gasteiger partial charge is 0.248 e. The normalized spacial score (nSPS) is 11.4. The van der Waals surface area contributed by atoms with Gasteiger partial charge in [0.2, 0.25) is 0 Å². The summed E-state index contributed by atoms with van der Waals surface area (Å²) in [5.74, 6) is 2.62. The number of fused-ring (bicyclic) bond motifs is 10. The van der Waals surface area contributed by atoms with Gasteiger partial charge in [-0.2, -0.15) is 0 Å². The first-order valence-electron chi connectivity index (χ1n) is 38.7. The second kappa shape index (κ2) is 29.4. The van der Waals surface area contributed by atoms with E-state index < -0.39 is 0 Å². The zero-order valence-corrected chi connectivity index (χ0v) is 62.4. The summed E-state index contributed by atoms with van der Waals surface area (Å²) in [4.78, 5) is 55.3. The lowest BCUT2D eigenvalue weighted by atomic mass is 10.00. The van der Waals surface area contributed by atoms with Crippen molar-refractivity contribution in [3.63, 3.8) is 0 Å². The van der Waals surface area contributed by atoms with E-state index in [4.69, 9.17) is 54.8 Å². The molecule has 0 bridgehead atoms. The van der Waals surface area contributed by atoms with Crippen molar-refractivity contribution in [3.8, 4) is 136 Å². The molecule has 0 spiro atoms. The SMILES string of the molecule is c1ccc(-c2cc(-c3ccc(-c4ccc5ccc(-c6ccc7ccc(-c8ccc9ccc%10ccccc%10c9n8)nc7c6)nc5c4)cc3)nc(-c3ccccc3)n2)cc1.c1ccc(-c2nc(-c3ccccc3)nc(-c3ccc(-c4ccc5ccc(-c6ccc7ccc(-c8ccc9ccc%10ccccc%10c9n8)nc7c6)nc5c4)cc3)n2)cc1. The first-order chi connectivity index (χ1) is 57.4. The van der Waals surface area contributed by atoms with Crippen LogP contribution in [0.15, 0.2) is 394 Å². The Labute approximate surface area is 667 Å². The van der Waals surface area contributed by atoms with E-state index in [0.29, 0.717) is 23.3 Å². The average Bonchev–Trinajstić information content (AvgIpc) is 0.777. The third-order valence-electron chi connectivity index (χ3n) is 21.6. The van der Waals surface area contributed by atoms with Crippen LogP contribution in [0, 0.1) is 0 Å². The second-order valence-electron chi connectivity index (χ2n) is 28.9. The van der Waals surface area contributed by atoms with Crippen LogP contribution in [-0.2, 0) is 0 Å². The molecule has 14 aromatic carbocycles. The van der Waals surface area contributed by atoms with Crippen molar-refractivity contribution >= 4 is 87.0 Å². The molecule has 116 heavy (non-hydrogen) atoms. The number of aromatic nitrogens is 11. The number of rotatable bonds is 12. The lowest BCUT2D eigenvalue weighted by molar-refractivity contribution is 1.07. The van der Waals surface area contributed by atoms with E-state index in [1.165, 1.54) is 10.8 Å². The maximum atomic E-state index is 5.17. The summed E-state index contributed by atoms with van der Waals surface area (Å²) in [5.41, 5.74) is 24.8. The highest BCUT2D eigenvalue weighted by atomic mass is 15.0. The third-order valence-corrected chi connectivity index (χ3v) is 21.6. The number of hydrogen-bond acceptors (Lipinski definition) is 11. The molecule has 0 fully saturated rings. The Balaban J connectivity index is 0.000000145. The van der Waals surface area contributed by atoms with E-state index in [-0.39, 0.29) is 0 Å². The van der Waals surface area contributed by atoms with Gasteiger partial charge in [0.15, 0.2) is 23.3 Å². The number of benzene rings is 14. The molecule has 22 rings (SSSR count). The minimum absolute atomic E-state index is 0.628. The Morgan fingerprint density at radius 3 is 0.776 bits per heavy atom. The van der Waals surface area contributed by atoms with Crippen LogP contribution in [0.4, 0.5) is 0 Å². The van der Waals surface area contributed by atoms with Gasteiger partial charge in [-0.25, -0.2) is 54.8 Å². The lowest BCUT2D eigenvalue weighted by Crippen LogP contribution is -2.00. The van der Waals surface area contributed by atoms with Crippen LogP contribution in [0.3, 0.4) is 0 Å². The van der Waals surface area contributed by atoms with E-state index in [0.717, 1.165) is 189 Å². The predicted molar refractivity (Wildman–Crippen MR) is 474 cm³/mol. The zero-order chi connectivity index (χ0) is 76.8. The van der Waals surface area contributed by atoms with Crippen molar-refractivity contribution < 1.29 is 0 Å². The van der Waals surface area contributed by atoms with Gasteiger partial charge in [-0.15, -0.1) is 0 Å². The fraction of sp³-hybridized carbons (Fsp3) is 0. The second-order valence-corrected chi connectivity index (χ2v) is 28.9. The van der Waals surface area contributed by atoms with Crippen molar-refractivity contribution in [2.45, 2.75) is 0 Å². The molecule has 0 saturated carbocycles. The molecule has 0 N–H and O–H groups in total. The fourth-order valence-corrected chi connectivity index (χ4v) is 15.4. The molecule has 0 amide bonds. The van der Waals surface area contributed by atoms with Gasteiger partial charge in [-0.1, -0.05) is 328 Å². The molecule has 0 aliphatic heterocycles. The zero-order valence-electron chi connectivity index (χ0n) is 62.4. The van der Waals surface area contributed by atoms with Gasteiger partial charge in [0.05, 0.1) is 78.7 Å². The first-order valence-corrected chi connectivity index (χ1v) is 38.7. The van der Waals surface area contributed by atoms with Gasteiger partial charge in [0.25, 0.3) is 0 Å². The van der Waals surface area contributed by atoms with Crippen LogP contribution in [0.2, 0.25) is 0 Å². The minimum Gasteiger partial charge on any atom is -0.248 e. The smallest absolute Gasteiger partial charge is 0.164 e. The van der Waals surface area contributed by atoms with Gasteiger partial charge in [-0.05, 0) is 99.8 Å². The van der Waals surface area contributed by atoms with Crippen LogP contribution < -0.4 is 0 Å². The highest BCUT2D eigenvalue weighted by Crippen LogP contribution is 2.37. The van der Waals surface area contributed by atoms with Crippen molar-refractivity contribution in [3.05, 3.63) is 394 Å². The van der Waals surface area contributed by atoms with E-state index in [1.54, 1.807) is 0 Å². The van der Waals surface area contributed by atoms with Crippen LogP contribution in [-0.4, -0.2) is 54.8 Å². The van der Waals surface area contributed by atoms with Gasteiger partial charge < -0.3 is 0 Å². The highest BCUT2D eigenvalue weighted by molar-refractivity contribution is 6.07. The Hall–Kier alpha value is -15.9. The quantitative estimate of drug-likeness (QED) is 0.108. The molecule has 0 aliphatic rings. The van der Waals surface area contributed by atoms with Crippen LogP contribution >= 0.6 is 0 Å². The maximum absolute atomic E-state index is 5.17. The standard InChI is InChI=1S/C53H33N5.C52H32N6/c1-3-10-36(11-4-1)50-33-51(58-53(57-50)41-12-5-2-6-13-41)37-18-15-34(16-19-37)42-23-20-38-25-28-45(54-48(38)31-42)43-24-21-39-26-29-46(55-49(39)32-43)47-30-27-40-22-17-35-9-7-8-14-44(35)52(40)56-47;1-3-10-38(11-4-1)50-56-51(39-12-5-2-6-13-39)58-52(57-50)40-21-15-33(16-22-40)41-23-18-35-25-28-44(53-47(35)31-41)42-24-19-36-26-29-45(54-48(36)32-42)46-30-27-37-20-17-34-9-7-8-14-43(34)49(37)55-46/h1-33H;1-32H. The molecule has 8 aromatic heterocycles. The highest BCUT2D eigenvalue weighted by Gasteiger charge is 2.18. The molecule has 8 heterocycles. The van der Waals surface area contributed by atoms with Crippen molar-refractivity contribution in [2.75, 3.05) is 0 Å². The minimum atomic E-state index is 0.628. The molecule has 0 radical (unpaired) electrons. The van der Waals surface area contributed by atoms with E-state index >= 15 is 0 Å². The maximum Gasteiger partial charge on any atom is 0.164 e. The first kappa shape index (κ1) is 68.2.